The summed E-state index contributed by atoms with van der Waals surface area (Å²) >= 11 is 5.06. The smallest absolute Gasteiger partial charge is 0.307 e. The van der Waals surface area contributed by atoms with Crippen LogP contribution in [0.4, 0.5) is 0 Å². The van der Waals surface area contributed by atoms with Gasteiger partial charge in [0, 0.05) is 28.5 Å². The van der Waals surface area contributed by atoms with Gasteiger partial charge in [-0.25, -0.2) is 4.98 Å². The number of nitrogens with zero attached hydrogens (tertiary/aromatic N) is 2. The highest BCUT2D eigenvalue weighted by Crippen LogP contribution is 2.26. The van der Waals surface area contributed by atoms with Gasteiger partial charge < -0.3 is 5.11 Å². The lowest BCUT2D eigenvalue weighted by atomic mass is 10.1. The first kappa shape index (κ1) is 14.7. The molecule has 1 saturated heterocycles. The van der Waals surface area contributed by atoms with Crippen LogP contribution in [0, 0.1) is 5.92 Å². The number of hydrogen-bond acceptors (Lipinski definition) is 4. The van der Waals surface area contributed by atoms with Gasteiger partial charge in [0.05, 0.1) is 11.6 Å². The van der Waals surface area contributed by atoms with E-state index >= 15 is 0 Å². The number of rotatable bonds is 4. The maximum absolute atomic E-state index is 11.0. The number of carbonyl (C=O) groups is 1. The number of aromatic nitrogens is 1. The molecule has 4 nitrogen and oxygen atoms in total. The fourth-order valence-corrected chi connectivity index (χ4v) is 3.59. The van der Waals surface area contributed by atoms with E-state index in [9.17, 15) is 4.79 Å². The molecule has 1 atom stereocenters. The van der Waals surface area contributed by atoms with Gasteiger partial charge in [0.25, 0.3) is 0 Å². The fraction of sp³-hybridized carbons (Fsp3) is 0.333. The maximum atomic E-state index is 11.0. The standard InChI is InChI=1S/C15H15BrN2O2S/c16-12-3-1-10(2-4-12)14-17-13(9-21-14)8-18-6-5-11(7-18)15(19)20/h1-4,9,11H,5-8H2,(H,19,20). The van der Waals surface area contributed by atoms with Crippen molar-refractivity contribution in [2.75, 3.05) is 13.1 Å². The molecule has 6 heteroatoms. The number of aliphatic carboxylic acids is 1. The van der Waals surface area contributed by atoms with Crippen molar-refractivity contribution in [3.8, 4) is 10.6 Å². The first-order valence-electron chi connectivity index (χ1n) is 6.77. The van der Waals surface area contributed by atoms with Crippen molar-refractivity contribution < 1.29 is 9.90 Å². The summed E-state index contributed by atoms with van der Waals surface area (Å²) in [6, 6.07) is 8.11. The van der Waals surface area contributed by atoms with E-state index in [4.69, 9.17) is 5.11 Å². The Labute approximate surface area is 135 Å². The summed E-state index contributed by atoms with van der Waals surface area (Å²) in [7, 11) is 0. The molecule has 0 saturated carbocycles. The van der Waals surface area contributed by atoms with Crippen LogP contribution in [0.5, 0.6) is 0 Å². The van der Waals surface area contributed by atoms with Crippen molar-refractivity contribution in [3.63, 3.8) is 0 Å². The van der Waals surface area contributed by atoms with Crippen LogP contribution in [-0.4, -0.2) is 34.0 Å². The van der Waals surface area contributed by atoms with E-state index in [2.05, 4.69) is 31.2 Å². The predicted molar refractivity (Wildman–Crippen MR) is 86.3 cm³/mol. The number of carboxylic acids is 1. The molecule has 2 heterocycles. The Hall–Kier alpha value is -1.24. The normalized spacial score (nSPS) is 19.0. The third-order valence-electron chi connectivity index (χ3n) is 3.65. The monoisotopic (exact) mass is 366 g/mol. The third-order valence-corrected chi connectivity index (χ3v) is 5.12. The van der Waals surface area contributed by atoms with Crippen molar-refractivity contribution >= 4 is 33.2 Å². The molecule has 1 aromatic carbocycles. The summed E-state index contributed by atoms with van der Waals surface area (Å²) in [5.74, 6) is -0.916. The summed E-state index contributed by atoms with van der Waals surface area (Å²) in [6.45, 7) is 2.19. The van der Waals surface area contributed by atoms with Gasteiger partial charge in [0.15, 0.2) is 0 Å². The number of likely N-dealkylation sites (tertiary alicyclic amines) is 1. The molecule has 1 N–H and O–H groups in total. The van der Waals surface area contributed by atoms with E-state index in [1.165, 1.54) is 0 Å². The lowest BCUT2D eigenvalue weighted by Gasteiger charge is -2.12. The molecule has 0 spiro atoms. The number of benzene rings is 1. The number of hydrogen-bond donors (Lipinski definition) is 1. The van der Waals surface area contributed by atoms with Gasteiger partial charge >= 0.3 is 5.97 Å². The van der Waals surface area contributed by atoms with Crippen molar-refractivity contribution in [3.05, 3.63) is 39.8 Å². The number of thiazole rings is 1. The highest BCUT2D eigenvalue weighted by molar-refractivity contribution is 9.10. The van der Waals surface area contributed by atoms with Crippen LogP contribution in [0.3, 0.4) is 0 Å². The van der Waals surface area contributed by atoms with Crippen LogP contribution < -0.4 is 0 Å². The molecular weight excluding hydrogens is 352 g/mol. The molecule has 0 aliphatic carbocycles. The average molecular weight is 367 g/mol. The van der Waals surface area contributed by atoms with E-state index in [0.29, 0.717) is 6.54 Å². The minimum atomic E-state index is -0.689. The molecule has 2 aromatic rings. The van der Waals surface area contributed by atoms with Crippen molar-refractivity contribution in [2.45, 2.75) is 13.0 Å². The van der Waals surface area contributed by atoms with Crippen molar-refractivity contribution in [1.82, 2.24) is 9.88 Å². The van der Waals surface area contributed by atoms with E-state index < -0.39 is 5.97 Å². The zero-order valence-corrected chi connectivity index (χ0v) is 13.7. The largest absolute Gasteiger partial charge is 0.481 e. The summed E-state index contributed by atoms with van der Waals surface area (Å²) < 4.78 is 1.06. The highest BCUT2D eigenvalue weighted by atomic mass is 79.9. The molecule has 0 radical (unpaired) electrons. The molecule has 110 valence electrons. The highest BCUT2D eigenvalue weighted by Gasteiger charge is 2.28. The number of carboxylic acid groups (broad SMARTS) is 1. The van der Waals surface area contributed by atoms with Crippen molar-refractivity contribution in [2.24, 2.45) is 5.92 Å². The van der Waals surface area contributed by atoms with Gasteiger partial charge in [-0.15, -0.1) is 11.3 Å². The van der Waals surface area contributed by atoms with Gasteiger partial charge in [0.2, 0.25) is 0 Å². The second-order valence-corrected chi connectivity index (χ2v) is 6.98. The predicted octanol–water partition coefficient (Wildman–Crippen LogP) is 3.48. The second-order valence-electron chi connectivity index (χ2n) is 5.21. The van der Waals surface area contributed by atoms with Crippen LogP contribution in [0.2, 0.25) is 0 Å². The summed E-state index contributed by atoms with van der Waals surface area (Å²) in [6.07, 6.45) is 0.735. The molecule has 1 fully saturated rings. The van der Waals surface area contributed by atoms with Gasteiger partial charge in [0.1, 0.15) is 5.01 Å². The second kappa shape index (κ2) is 6.25. The van der Waals surface area contributed by atoms with Crippen LogP contribution in [0.1, 0.15) is 12.1 Å². The van der Waals surface area contributed by atoms with Crippen LogP contribution in [0.25, 0.3) is 10.6 Å². The third kappa shape index (κ3) is 3.51. The lowest BCUT2D eigenvalue weighted by Crippen LogP contribution is -2.22. The zero-order valence-electron chi connectivity index (χ0n) is 11.3. The number of halogens is 1. The van der Waals surface area contributed by atoms with Crippen LogP contribution in [0.15, 0.2) is 34.1 Å². The topological polar surface area (TPSA) is 53.4 Å². The Morgan fingerprint density at radius 1 is 1.43 bits per heavy atom. The minimum absolute atomic E-state index is 0.227. The average Bonchev–Trinajstić information content (AvgIpc) is 3.10. The first-order valence-corrected chi connectivity index (χ1v) is 8.44. The Morgan fingerprint density at radius 3 is 2.86 bits per heavy atom. The molecular formula is C15H15BrN2O2S. The molecule has 0 amide bonds. The SMILES string of the molecule is O=C(O)C1CCN(Cc2csc(-c3ccc(Br)cc3)n2)C1. The van der Waals surface area contributed by atoms with E-state index in [1.54, 1.807) is 11.3 Å². The molecule has 1 aromatic heterocycles. The van der Waals surface area contributed by atoms with E-state index in [1.807, 2.05) is 24.3 Å². The molecule has 21 heavy (non-hydrogen) atoms. The Bertz CT molecular complexity index is 641. The Kier molecular flexibility index (Phi) is 4.37. The molecule has 1 unspecified atom stereocenters. The summed E-state index contributed by atoms with van der Waals surface area (Å²) in [5, 5.41) is 12.1. The lowest BCUT2D eigenvalue weighted by molar-refractivity contribution is -0.141. The maximum Gasteiger partial charge on any atom is 0.307 e. The van der Waals surface area contributed by atoms with Gasteiger partial charge in [-0.1, -0.05) is 28.1 Å². The molecule has 1 aliphatic heterocycles. The summed E-state index contributed by atoms with van der Waals surface area (Å²) in [5.41, 5.74) is 2.13. The van der Waals surface area contributed by atoms with Gasteiger partial charge in [-0.05, 0) is 25.1 Å². The van der Waals surface area contributed by atoms with Crippen LogP contribution in [-0.2, 0) is 11.3 Å². The Morgan fingerprint density at radius 2 is 2.19 bits per heavy atom. The minimum Gasteiger partial charge on any atom is -0.481 e. The van der Waals surface area contributed by atoms with E-state index in [-0.39, 0.29) is 5.92 Å². The quantitative estimate of drug-likeness (QED) is 0.899. The molecule has 0 bridgehead atoms. The Balaban J connectivity index is 1.66. The van der Waals surface area contributed by atoms with Crippen LogP contribution >= 0.6 is 27.3 Å². The molecule has 3 rings (SSSR count). The molecule has 1 aliphatic rings. The zero-order chi connectivity index (χ0) is 14.8. The van der Waals surface area contributed by atoms with E-state index in [0.717, 1.165) is 40.2 Å². The van der Waals surface area contributed by atoms with Gasteiger partial charge in [-0.3, -0.25) is 9.69 Å². The summed E-state index contributed by atoms with van der Waals surface area (Å²) in [4.78, 5) is 17.8. The van der Waals surface area contributed by atoms with Crippen molar-refractivity contribution in [1.29, 1.82) is 0 Å². The first-order chi connectivity index (χ1) is 10.1. The van der Waals surface area contributed by atoms with Gasteiger partial charge in [-0.2, -0.15) is 0 Å². The fourth-order valence-electron chi connectivity index (χ4n) is 2.51.